The van der Waals surface area contributed by atoms with Gasteiger partial charge in [-0.2, -0.15) is 0 Å². The van der Waals surface area contributed by atoms with E-state index in [2.05, 4.69) is 17.4 Å². The van der Waals surface area contributed by atoms with Gasteiger partial charge in [0, 0.05) is 12.5 Å². The molecule has 0 radical (unpaired) electrons. The van der Waals surface area contributed by atoms with Crippen LogP contribution in [0.25, 0.3) is 0 Å². The highest BCUT2D eigenvalue weighted by Crippen LogP contribution is 2.30. The van der Waals surface area contributed by atoms with Crippen molar-refractivity contribution in [2.45, 2.75) is 37.8 Å². The van der Waals surface area contributed by atoms with Crippen LogP contribution >= 0.6 is 0 Å². The van der Waals surface area contributed by atoms with Gasteiger partial charge < -0.3 is 11.1 Å². The number of aryl methyl sites for hydroxylation is 1. The topological polar surface area (TPSA) is 55.1 Å². The third-order valence-electron chi connectivity index (χ3n) is 4.36. The number of nitrogens with two attached hydrogens (primary N) is 1. The van der Waals surface area contributed by atoms with Gasteiger partial charge in [0.1, 0.15) is 5.82 Å². The van der Waals surface area contributed by atoms with E-state index >= 15 is 0 Å². The van der Waals surface area contributed by atoms with Crippen molar-refractivity contribution in [3.63, 3.8) is 0 Å². The minimum atomic E-state index is -0.386. The molecule has 0 fully saturated rings. The third kappa shape index (κ3) is 3.77. The zero-order valence-electron chi connectivity index (χ0n) is 13.0. The van der Waals surface area contributed by atoms with Crippen LogP contribution in [0.15, 0.2) is 48.5 Å². The largest absolute Gasteiger partial charge is 0.349 e. The Morgan fingerprint density at radius 1 is 1.22 bits per heavy atom. The number of amides is 1. The first-order valence-corrected chi connectivity index (χ1v) is 7.99. The van der Waals surface area contributed by atoms with Crippen molar-refractivity contribution in [2.24, 2.45) is 5.73 Å². The SMILES string of the molecule is N[C@@H](CC(=O)N[C@H]1CCc2ccccc21)Cc1ccccc1F. The molecule has 0 aliphatic heterocycles. The van der Waals surface area contributed by atoms with Gasteiger partial charge in [-0.3, -0.25) is 4.79 Å². The molecule has 0 spiro atoms. The maximum Gasteiger partial charge on any atom is 0.222 e. The minimum absolute atomic E-state index is 0.0689. The van der Waals surface area contributed by atoms with E-state index in [1.54, 1.807) is 18.2 Å². The lowest BCUT2D eigenvalue weighted by Crippen LogP contribution is -2.34. The number of carbonyl (C=O) groups is 1. The monoisotopic (exact) mass is 312 g/mol. The Balaban J connectivity index is 1.55. The summed E-state index contributed by atoms with van der Waals surface area (Å²) in [5.41, 5.74) is 9.07. The summed E-state index contributed by atoms with van der Waals surface area (Å²) >= 11 is 0. The fourth-order valence-electron chi connectivity index (χ4n) is 3.22. The second kappa shape index (κ2) is 6.92. The molecule has 3 nitrogen and oxygen atoms in total. The van der Waals surface area contributed by atoms with E-state index in [9.17, 15) is 9.18 Å². The number of fused-ring (bicyclic) bond motifs is 1. The molecule has 3 N–H and O–H groups in total. The molecule has 0 saturated heterocycles. The van der Waals surface area contributed by atoms with Crippen LogP contribution < -0.4 is 11.1 Å². The summed E-state index contributed by atoms with van der Waals surface area (Å²) in [7, 11) is 0. The second-order valence-electron chi connectivity index (χ2n) is 6.12. The minimum Gasteiger partial charge on any atom is -0.349 e. The highest BCUT2D eigenvalue weighted by Gasteiger charge is 2.24. The van der Waals surface area contributed by atoms with Crippen molar-refractivity contribution in [3.05, 3.63) is 71.0 Å². The highest BCUT2D eigenvalue weighted by atomic mass is 19.1. The van der Waals surface area contributed by atoms with Crippen LogP contribution in [0.5, 0.6) is 0 Å². The van der Waals surface area contributed by atoms with Gasteiger partial charge in [-0.25, -0.2) is 4.39 Å². The molecule has 1 aliphatic rings. The van der Waals surface area contributed by atoms with Crippen molar-refractivity contribution in [1.29, 1.82) is 0 Å². The normalized spacial score (nSPS) is 17.6. The predicted octanol–water partition coefficient (Wildman–Crippen LogP) is 2.89. The van der Waals surface area contributed by atoms with E-state index in [0.29, 0.717) is 12.0 Å². The van der Waals surface area contributed by atoms with Crippen LogP contribution in [0, 0.1) is 5.82 Å². The molecule has 2 atom stereocenters. The van der Waals surface area contributed by atoms with Gasteiger partial charge in [0.15, 0.2) is 0 Å². The van der Waals surface area contributed by atoms with E-state index in [-0.39, 0.29) is 30.2 Å². The first kappa shape index (κ1) is 15.7. The highest BCUT2D eigenvalue weighted by molar-refractivity contribution is 5.77. The van der Waals surface area contributed by atoms with Gasteiger partial charge in [-0.05, 0) is 42.0 Å². The summed E-state index contributed by atoms with van der Waals surface area (Å²) in [6.07, 6.45) is 2.48. The summed E-state index contributed by atoms with van der Waals surface area (Å²) in [5.74, 6) is -0.344. The van der Waals surface area contributed by atoms with Gasteiger partial charge >= 0.3 is 0 Å². The number of halogens is 1. The van der Waals surface area contributed by atoms with Crippen molar-refractivity contribution < 1.29 is 9.18 Å². The van der Waals surface area contributed by atoms with Crippen molar-refractivity contribution in [2.75, 3.05) is 0 Å². The molecule has 0 bridgehead atoms. The summed E-state index contributed by atoms with van der Waals surface area (Å²) < 4.78 is 13.6. The Morgan fingerprint density at radius 2 is 1.96 bits per heavy atom. The number of hydrogen-bond acceptors (Lipinski definition) is 2. The number of benzene rings is 2. The maximum absolute atomic E-state index is 13.6. The Kier molecular flexibility index (Phi) is 4.72. The average molecular weight is 312 g/mol. The molecular formula is C19H21FN2O. The Hall–Kier alpha value is -2.20. The smallest absolute Gasteiger partial charge is 0.222 e. The number of nitrogens with one attached hydrogen (secondary N) is 1. The number of hydrogen-bond donors (Lipinski definition) is 2. The van der Waals surface area contributed by atoms with Gasteiger partial charge in [-0.15, -0.1) is 0 Å². The molecule has 1 aliphatic carbocycles. The third-order valence-corrected chi connectivity index (χ3v) is 4.36. The average Bonchev–Trinajstić information content (AvgIpc) is 2.93. The summed E-state index contributed by atoms with van der Waals surface area (Å²) in [5, 5.41) is 3.05. The molecule has 0 heterocycles. The molecule has 2 aromatic carbocycles. The van der Waals surface area contributed by atoms with Gasteiger partial charge in [0.25, 0.3) is 0 Å². The van der Waals surface area contributed by atoms with Crippen molar-refractivity contribution in [3.8, 4) is 0 Å². The first-order chi connectivity index (χ1) is 11.1. The molecule has 0 unspecified atom stereocenters. The van der Waals surface area contributed by atoms with E-state index < -0.39 is 0 Å². The Labute approximate surface area is 135 Å². The number of rotatable bonds is 5. The molecule has 4 heteroatoms. The van der Waals surface area contributed by atoms with Crippen LogP contribution in [-0.4, -0.2) is 11.9 Å². The molecule has 0 saturated carbocycles. The van der Waals surface area contributed by atoms with Crippen LogP contribution in [0.1, 0.15) is 35.6 Å². The predicted molar refractivity (Wildman–Crippen MR) is 88.3 cm³/mol. The quantitative estimate of drug-likeness (QED) is 0.892. The zero-order valence-corrected chi connectivity index (χ0v) is 13.0. The van der Waals surface area contributed by atoms with Crippen molar-refractivity contribution >= 4 is 5.91 Å². The van der Waals surface area contributed by atoms with Crippen LogP contribution in [0.3, 0.4) is 0 Å². The van der Waals surface area contributed by atoms with Gasteiger partial charge in [-0.1, -0.05) is 42.5 Å². The van der Waals surface area contributed by atoms with Crippen LogP contribution in [0.4, 0.5) is 4.39 Å². The van der Waals surface area contributed by atoms with E-state index in [0.717, 1.165) is 12.8 Å². The van der Waals surface area contributed by atoms with E-state index in [1.807, 2.05) is 12.1 Å². The Morgan fingerprint density at radius 3 is 2.78 bits per heavy atom. The molecule has 120 valence electrons. The molecule has 1 amide bonds. The van der Waals surface area contributed by atoms with Gasteiger partial charge in [0.2, 0.25) is 5.91 Å². The lowest BCUT2D eigenvalue weighted by Gasteiger charge is -2.17. The fraction of sp³-hybridized carbons (Fsp3) is 0.316. The van der Waals surface area contributed by atoms with Gasteiger partial charge in [0.05, 0.1) is 6.04 Å². The fourth-order valence-corrected chi connectivity index (χ4v) is 3.22. The standard InChI is InChI=1S/C19H21FN2O/c20-17-8-4-2-6-14(17)11-15(21)12-19(23)22-18-10-9-13-5-1-3-7-16(13)18/h1-8,15,18H,9-12,21H2,(H,22,23)/t15-,18+/m1/s1. The molecule has 0 aromatic heterocycles. The summed E-state index contributed by atoms with van der Waals surface area (Å²) in [6, 6.07) is 14.4. The molecule has 23 heavy (non-hydrogen) atoms. The summed E-state index contributed by atoms with van der Waals surface area (Å²) in [6.45, 7) is 0. The van der Waals surface area contributed by atoms with Crippen LogP contribution in [0.2, 0.25) is 0 Å². The molecular weight excluding hydrogens is 291 g/mol. The number of carbonyl (C=O) groups excluding carboxylic acids is 1. The molecule has 2 aromatic rings. The Bertz CT molecular complexity index is 701. The summed E-state index contributed by atoms with van der Waals surface area (Å²) in [4.78, 5) is 12.2. The van der Waals surface area contributed by atoms with E-state index in [1.165, 1.54) is 17.2 Å². The zero-order chi connectivity index (χ0) is 16.2. The molecule has 3 rings (SSSR count). The lowest BCUT2D eigenvalue weighted by molar-refractivity contribution is -0.122. The van der Waals surface area contributed by atoms with Crippen LogP contribution in [-0.2, 0) is 17.6 Å². The second-order valence-corrected chi connectivity index (χ2v) is 6.12. The first-order valence-electron chi connectivity index (χ1n) is 7.99. The maximum atomic E-state index is 13.6. The van der Waals surface area contributed by atoms with E-state index in [4.69, 9.17) is 5.73 Å². The lowest BCUT2D eigenvalue weighted by atomic mass is 10.0. The van der Waals surface area contributed by atoms with Crippen molar-refractivity contribution in [1.82, 2.24) is 5.32 Å².